The second-order valence-electron chi connectivity index (χ2n) is 7.61. The Morgan fingerprint density at radius 1 is 1.04 bits per heavy atom. The van der Waals surface area contributed by atoms with E-state index < -0.39 is 0 Å². The Morgan fingerprint density at radius 3 is 2.72 bits per heavy atom. The molecule has 1 aromatic carbocycles. The quantitative estimate of drug-likeness (QED) is 0.753. The predicted octanol–water partition coefficient (Wildman–Crippen LogP) is 4.27. The van der Waals surface area contributed by atoms with Gasteiger partial charge in [0.05, 0.1) is 5.69 Å². The lowest BCUT2D eigenvalue weighted by Gasteiger charge is -2.37. The number of hydrogen-bond acceptors (Lipinski definition) is 3. The number of piperidine rings is 1. The third-order valence-electron chi connectivity index (χ3n) is 6.09. The lowest BCUT2D eigenvalue weighted by Crippen LogP contribution is -2.44. The number of aromatic nitrogens is 2. The predicted molar refractivity (Wildman–Crippen MR) is 103 cm³/mol. The molecule has 4 heteroatoms. The van der Waals surface area contributed by atoms with Crippen molar-refractivity contribution in [3.8, 4) is 11.1 Å². The minimum atomic E-state index is 0.568. The monoisotopic (exact) mass is 332 g/mol. The first-order valence-corrected chi connectivity index (χ1v) is 9.27. The van der Waals surface area contributed by atoms with Crippen LogP contribution in [-0.4, -0.2) is 40.0 Å². The summed E-state index contributed by atoms with van der Waals surface area (Å²) in [6.07, 6.45) is 11.1. The summed E-state index contributed by atoms with van der Waals surface area (Å²) in [5.41, 5.74) is 4.70. The van der Waals surface area contributed by atoms with Crippen molar-refractivity contribution in [1.29, 1.82) is 0 Å². The van der Waals surface area contributed by atoms with Gasteiger partial charge in [-0.3, -0.25) is 4.98 Å². The molecule has 2 saturated heterocycles. The Kier molecular flexibility index (Phi) is 3.52. The molecular formula is C21H24N4. The molecular weight excluding hydrogens is 308 g/mol. The molecule has 0 saturated carbocycles. The topological polar surface area (TPSA) is 44.0 Å². The van der Waals surface area contributed by atoms with Gasteiger partial charge >= 0.3 is 0 Å². The fraction of sp³-hybridized carbons (Fsp3) is 0.381. The first-order valence-electron chi connectivity index (χ1n) is 9.27. The van der Waals surface area contributed by atoms with Crippen molar-refractivity contribution in [3.05, 3.63) is 48.9 Å². The highest BCUT2D eigenvalue weighted by Crippen LogP contribution is 2.35. The van der Waals surface area contributed by atoms with Crippen LogP contribution in [0, 0.1) is 0 Å². The maximum atomic E-state index is 4.48. The van der Waals surface area contributed by atoms with Crippen molar-refractivity contribution in [2.24, 2.45) is 0 Å². The zero-order valence-electron chi connectivity index (χ0n) is 14.6. The van der Waals surface area contributed by atoms with Crippen LogP contribution in [-0.2, 0) is 0 Å². The number of rotatable bonds is 3. The number of hydrogen-bond donors (Lipinski definition) is 2. The summed E-state index contributed by atoms with van der Waals surface area (Å²) in [7, 11) is 2.29. The third kappa shape index (κ3) is 2.71. The molecule has 2 bridgehead atoms. The third-order valence-corrected chi connectivity index (χ3v) is 6.09. The second kappa shape index (κ2) is 5.88. The van der Waals surface area contributed by atoms with Crippen LogP contribution in [0.5, 0.6) is 0 Å². The molecule has 2 fully saturated rings. The number of pyridine rings is 1. The molecule has 0 amide bonds. The van der Waals surface area contributed by atoms with E-state index in [0.717, 1.165) is 17.8 Å². The largest absolute Gasteiger partial charge is 0.381 e. The van der Waals surface area contributed by atoms with E-state index in [1.54, 1.807) is 0 Å². The highest BCUT2D eigenvalue weighted by atomic mass is 15.2. The zero-order valence-corrected chi connectivity index (χ0v) is 14.6. The Hall–Kier alpha value is -2.33. The van der Waals surface area contributed by atoms with Gasteiger partial charge in [0.25, 0.3) is 0 Å². The fourth-order valence-electron chi connectivity index (χ4n) is 4.67. The van der Waals surface area contributed by atoms with Gasteiger partial charge in [0.2, 0.25) is 0 Å². The van der Waals surface area contributed by atoms with Crippen LogP contribution >= 0.6 is 0 Å². The normalized spacial score (nSPS) is 26.2. The molecule has 0 unspecified atom stereocenters. The highest BCUT2D eigenvalue weighted by Gasteiger charge is 2.38. The molecule has 2 N–H and O–H groups in total. The van der Waals surface area contributed by atoms with Gasteiger partial charge in [0.1, 0.15) is 0 Å². The molecule has 3 atom stereocenters. The minimum Gasteiger partial charge on any atom is -0.381 e. The van der Waals surface area contributed by atoms with Gasteiger partial charge in [-0.05, 0) is 67.9 Å². The summed E-state index contributed by atoms with van der Waals surface area (Å²) < 4.78 is 0. The van der Waals surface area contributed by atoms with Crippen LogP contribution in [0.2, 0.25) is 0 Å². The van der Waals surface area contributed by atoms with E-state index in [1.165, 1.54) is 47.7 Å². The van der Waals surface area contributed by atoms with Crippen LogP contribution in [0.3, 0.4) is 0 Å². The van der Waals surface area contributed by atoms with Crippen LogP contribution < -0.4 is 5.32 Å². The number of benzene rings is 1. The molecule has 25 heavy (non-hydrogen) atoms. The van der Waals surface area contributed by atoms with Gasteiger partial charge in [0.15, 0.2) is 0 Å². The molecule has 128 valence electrons. The van der Waals surface area contributed by atoms with Crippen LogP contribution in [0.1, 0.15) is 25.7 Å². The molecule has 0 radical (unpaired) electrons. The van der Waals surface area contributed by atoms with E-state index in [4.69, 9.17) is 0 Å². The summed E-state index contributed by atoms with van der Waals surface area (Å²) in [4.78, 5) is 10.3. The first kappa shape index (κ1) is 15.0. The Labute approximate surface area is 148 Å². The number of nitrogens with zero attached hydrogens (tertiary/aromatic N) is 2. The zero-order chi connectivity index (χ0) is 16.8. The summed E-state index contributed by atoms with van der Waals surface area (Å²) in [5.74, 6) is 0. The number of aromatic amines is 1. The molecule has 0 aliphatic carbocycles. The molecule has 2 aliphatic rings. The lowest BCUT2D eigenvalue weighted by atomic mass is 9.97. The molecule has 3 aromatic rings. The van der Waals surface area contributed by atoms with Crippen molar-refractivity contribution >= 4 is 16.6 Å². The first-order chi connectivity index (χ1) is 12.3. The number of nitrogens with one attached hydrogen (secondary N) is 2. The van der Waals surface area contributed by atoms with Crippen LogP contribution in [0.4, 0.5) is 5.69 Å². The number of H-pyrrole nitrogens is 1. The van der Waals surface area contributed by atoms with Crippen molar-refractivity contribution in [3.63, 3.8) is 0 Å². The molecule has 0 spiro atoms. The summed E-state index contributed by atoms with van der Waals surface area (Å²) >= 11 is 0. The van der Waals surface area contributed by atoms with E-state index in [9.17, 15) is 0 Å². The summed E-state index contributed by atoms with van der Waals surface area (Å²) in [6, 6.07) is 12.9. The van der Waals surface area contributed by atoms with Gasteiger partial charge in [0, 0.05) is 47.8 Å². The lowest BCUT2D eigenvalue weighted by molar-refractivity contribution is 0.169. The van der Waals surface area contributed by atoms with Crippen molar-refractivity contribution in [2.45, 2.75) is 43.8 Å². The second-order valence-corrected chi connectivity index (χ2v) is 7.61. The summed E-state index contributed by atoms with van der Waals surface area (Å²) in [6.45, 7) is 0. The summed E-state index contributed by atoms with van der Waals surface area (Å²) in [5, 5.41) is 4.99. The average molecular weight is 332 g/mol. The maximum absolute atomic E-state index is 4.48. The molecule has 2 aliphatic heterocycles. The molecule has 5 rings (SSSR count). The van der Waals surface area contributed by atoms with Crippen LogP contribution in [0.15, 0.2) is 48.9 Å². The standard InChI is InChI=1S/C21H24N4/c1-25-19-3-4-20(25)11-17(10-19)24-18-9-16(12-22-13-18)14-2-5-21-15(8-14)6-7-23-21/h2,5-9,12-13,17,19-20,23-24H,3-4,10-11H2,1H3/t17-,19+,20-. The highest BCUT2D eigenvalue weighted by molar-refractivity contribution is 5.85. The molecule has 4 heterocycles. The number of fused-ring (bicyclic) bond motifs is 3. The maximum Gasteiger partial charge on any atom is 0.0535 e. The van der Waals surface area contributed by atoms with Gasteiger partial charge in [-0.15, -0.1) is 0 Å². The molecule has 2 aromatic heterocycles. The fourth-order valence-corrected chi connectivity index (χ4v) is 4.67. The van der Waals surface area contributed by atoms with Gasteiger partial charge < -0.3 is 15.2 Å². The molecule has 4 nitrogen and oxygen atoms in total. The van der Waals surface area contributed by atoms with Gasteiger partial charge in [-0.2, -0.15) is 0 Å². The Balaban J connectivity index is 1.38. The van der Waals surface area contributed by atoms with Gasteiger partial charge in [-0.1, -0.05) is 6.07 Å². The van der Waals surface area contributed by atoms with Crippen molar-refractivity contribution in [1.82, 2.24) is 14.9 Å². The van der Waals surface area contributed by atoms with Gasteiger partial charge in [-0.25, -0.2) is 0 Å². The number of anilines is 1. The van der Waals surface area contributed by atoms with E-state index in [-0.39, 0.29) is 0 Å². The van der Waals surface area contributed by atoms with E-state index in [0.29, 0.717) is 6.04 Å². The SMILES string of the molecule is CN1[C@@H]2CC[C@H]1C[C@@H](Nc1cncc(-c3ccc4[nH]ccc4c3)c1)C2. The Morgan fingerprint density at radius 2 is 1.88 bits per heavy atom. The van der Waals surface area contributed by atoms with E-state index >= 15 is 0 Å². The van der Waals surface area contributed by atoms with Crippen LogP contribution in [0.25, 0.3) is 22.0 Å². The van der Waals surface area contributed by atoms with Crippen molar-refractivity contribution < 1.29 is 0 Å². The van der Waals surface area contributed by atoms with E-state index in [1.807, 2.05) is 18.6 Å². The Bertz CT molecular complexity index is 886. The average Bonchev–Trinajstić information content (AvgIpc) is 3.16. The van der Waals surface area contributed by atoms with E-state index in [2.05, 4.69) is 57.6 Å². The smallest absolute Gasteiger partial charge is 0.0535 e. The minimum absolute atomic E-state index is 0.568. The van der Waals surface area contributed by atoms with Crippen molar-refractivity contribution in [2.75, 3.05) is 12.4 Å².